The first kappa shape index (κ1) is 11.6. The summed E-state index contributed by atoms with van der Waals surface area (Å²) in [6.45, 7) is 2.21. The second kappa shape index (κ2) is 6.07. The molecule has 1 atom stereocenters. The molecule has 0 saturated carbocycles. The first-order valence-corrected chi connectivity index (χ1v) is 6.22. The molecule has 0 fully saturated rings. The Labute approximate surface area is 94.3 Å². The van der Waals surface area contributed by atoms with E-state index in [1.54, 1.807) is 6.07 Å². The molecule has 1 unspecified atom stereocenters. The van der Waals surface area contributed by atoms with E-state index < -0.39 is 0 Å². The highest BCUT2D eigenvalue weighted by atomic mass is 79.9. The Kier molecular flexibility index (Phi) is 5.02. The van der Waals surface area contributed by atoms with Gasteiger partial charge in [0.25, 0.3) is 0 Å². The Hall–Kier alpha value is -0.500. The van der Waals surface area contributed by atoms with E-state index in [1.807, 2.05) is 12.1 Å². The Morgan fingerprint density at radius 3 is 2.79 bits per heavy atom. The summed E-state index contributed by atoms with van der Waals surface area (Å²) in [5.74, 6) is 1.05. The Balaban J connectivity index is 2.57. The molecule has 1 rings (SSSR count). The first-order chi connectivity index (χ1) is 6.76. The van der Waals surface area contributed by atoms with Gasteiger partial charge in [-0.05, 0) is 36.5 Å². The quantitative estimate of drug-likeness (QED) is 0.796. The number of halogens is 1. The molecule has 0 aromatic heterocycles. The molecule has 0 bridgehead atoms. The van der Waals surface area contributed by atoms with E-state index in [1.165, 1.54) is 18.4 Å². The van der Waals surface area contributed by atoms with Crippen molar-refractivity contribution in [1.82, 2.24) is 0 Å². The van der Waals surface area contributed by atoms with Crippen LogP contribution < -0.4 is 0 Å². The lowest BCUT2D eigenvalue weighted by Crippen LogP contribution is -2.05. The zero-order chi connectivity index (χ0) is 10.4. The van der Waals surface area contributed by atoms with Crippen LogP contribution in [0, 0.1) is 5.92 Å². The third kappa shape index (κ3) is 3.70. The van der Waals surface area contributed by atoms with Crippen molar-refractivity contribution in [3.05, 3.63) is 29.8 Å². The molecule has 2 heteroatoms. The van der Waals surface area contributed by atoms with Crippen LogP contribution in [0.2, 0.25) is 0 Å². The molecule has 0 spiro atoms. The van der Waals surface area contributed by atoms with Crippen molar-refractivity contribution >= 4 is 15.9 Å². The average Bonchev–Trinajstić information content (AvgIpc) is 2.17. The van der Waals surface area contributed by atoms with Crippen LogP contribution in [0.1, 0.15) is 25.3 Å². The third-order valence-electron chi connectivity index (χ3n) is 2.35. The number of hydrogen-bond acceptors (Lipinski definition) is 1. The molecule has 0 aliphatic heterocycles. The van der Waals surface area contributed by atoms with Gasteiger partial charge in [-0.15, -0.1) is 0 Å². The van der Waals surface area contributed by atoms with E-state index in [9.17, 15) is 5.11 Å². The summed E-state index contributed by atoms with van der Waals surface area (Å²) in [4.78, 5) is 0. The summed E-state index contributed by atoms with van der Waals surface area (Å²) in [6.07, 6.45) is 3.50. The van der Waals surface area contributed by atoms with Gasteiger partial charge < -0.3 is 5.11 Å². The topological polar surface area (TPSA) is 20.2 Å². The van der Waals surface area contributed by atoms with Crippen molar-refractivity contribution in [3.8, 4) is 5.75 Å². The van der Waals surface area contributed by atoms with Gasteiger partial charge in [0.15, 0.2) is 0 Å². The number of rotatable bonds is 5. The summed E-state index contributed by atoms with van der Waals surface area (Å²) >= 11 is 3.53. The van der Waals surface area contributed by atoms with E-state index >= 15 is 0 Å². The number of benzene rings is 1. The Morgan fingerprint density at radius 1 is 1.43 bits per heavy atom. The van der Waals surface area contributed by atoms with Crippen LogP contribution in [0.3, 0.4) is 0 Å². The van der Waals surface area contributed by atoms with Gasteiger partial charge in [0.05, 0.1) is 0 Å². The molecule has 0 amide bonds. The van der Waals surface area contributed by atoms with Crippen LogP contribution >= 0.6 is 15.9 Å². The lowest BCUT2D eigenvalue weighted by molar-refractivity contribution is 0.472. The summed E-state index contributed by atoms with van der Waals surface area (Å²) in [5.41, 5.74) is 1.22. The van der Waals surface area contributed by atoms with Crippen molar-refractivity contribution in [2.75, 3.05) is 5.33 Å². The molecule has 0 radical (unpaired) electrons. The molecule has 1 N–H and O–H groups in total. The molecule has 0 aliphatic carbocycles. The summed E-state index contributed by atoms with van der Waals surface area (Å²) in [6, 6.07) is 7.55. The van der Waals surface area contributed by atoms with Crippen LogP contribution in [-0.4, -0.2) is 10.4 Å². The van der Waals surface area contributed by atoms with Gasteiger partial charge in [0.2, 0.25) is 0 Å². The zero-order valence-corrected chi connectivity index (χ0v) is 10.1. The van der Waals surface area contributed by atoms with Gasteiger partial charge in [-0.3, -0.25) is 0 Å². The minimum atomic E-state index is 0.368. The fourth-order valence-corrected chi connectivity index (χ4v) is 2.21. The first-order valence-electron chi connectivity index (χ1n) is 5.10. The largest absolute Gasteiger partial charge is 0.508 e. The van der Waals surface area contributed by atoms with Crippen LogP contribution in [0.15, 0.2) is 24.3 Å². The molecule has 1 nitrogen and oxygen atoms in total. The minimum Gasteiger partial charge on any atom is -0.508 e. The van der Waals surface area contributed by atoms with Gasteiger partial charge in [0.1, 0.15) is 5.75 Å². The fourth-order valence-electron chi connectivity index (χ4n) is 1.66. The van der Waals surface area contributed by atoms with Gasteiger partial charge >= 0.3 is 0 Å². The van der Waals surface area contributed by atoms with E-state index in [-0.39, 0.29) is 0 Å². The molecule has 14 heavy (non-hydrogen) atoms. The van der Waals surface area contributed by atoms with Gasteiger partial charge in [0, 0.05) is 5.33 Å². The van der Waals surface area contributed by atoms with E-state index in [2.05, 4.69) is 28.9 Å². The van der Waals surface area contributed by atoms with Crippen molar-refractivity contribution < 1.29 is 5.11 Å². The van der Waals surface area contributed by atoms with Gasteiger partial charge in [-0.25, -0.2) is 0 Å². The number of phenolic OH excluding ortho intramolecular Hbond substituents is 1. The highest BCUT2D eigenvalue weighted by molar-refractivity contribution is 9.09. The van der Waals surface area contributed by atoms with Gasteiger partial charge in [-0.1, -0.05) is 41.4 Å². The van der Waals surface area contributed by atoms with Gasteiger partial charge in [-0.2, -0.15) is 0 Å². The molecule has 0 heterocycles. The predicted octanol–water partition coefficient (Wildman–Crippen LogP) is 3.75. The van der Waals surface area contributed by atoms with Crippen LogP contribution in [0.25, 0.3) is 0 Å². The van der Waals surface area contributed by atoms with Crippen molar-refractivity contribution in [2.24, 2.45) is 5.92 Å². The molecule has 1 aromatic rings. The van der Waals surface area contributed by atoms with E-state index in [0.29, 0.717) is 11.7 Å². The second-order valence-corrected chi connectivity index (χ2v) is 4.33. The molecular formula is C12H17BrO. The summed E-state index contributed by atoms with van der Waals surface area (Å²) in [7, 11) is 0. The fraction of sp³-hybridized carbons (Fsp3) is 0.500. The maximum absolute atomic E-state index is 9.32. The number of phenols is 1. The monoisotopic (exact) mass is 256 g/mol. The summed E-state index contributed by atoms with van der Waals surface area (Å²) in [5, 5.41) is 10.4. The predicted molar refractivity (Wildman–Crippen MR) is 64.0 cm³/mol. The minimum absolute atomic E-state index is 0.368. The van der Waals surface area contributed by atoms with Crippen molar-refractivity contribution in [2.45, 2.75) is 26.2 Å². The summed E-state index contributed by atoms with van der Waals surface area (Å²) < 4.78 is 0. The molecule has 0 saturated heterocycles. The highest BCUT2D eigenvalue weighted by Crippen LogP contribution is 2.19. The highest BCUT2D eigenvalue weighted by Gasteiger charge is 2.07. The molecule has 78 valence electrons. The standard InChI is InChI=1S/C12H17BrO/c1-2-4-11(9-13)7-10-5-3-6-12(14)8-10/h3,5-6,8,11,14H,2,4,7,9H2,1H3. The lowest BCUT2D eigenvalue weighted by Gasteiger charge is -2.12. The maximum atomic E-state index is 9.32. The van der Waals surface area contributed by atoms with Crippen LogP contribution in [0.5, 0.6) is 5.75 Å². The molecular weight excluding hydrogens is 240 g/mol. The normalized spacial score (nSPS) is 12.7. The smallest absolute Gasteiger partial charge is 0.115 e. The maximum Gasteiger partial charge on any atom is 0.115 e. The number of hydrogen-bond donors (Lipinski definition) is 1. The van der Waals surface area contributed by atoms with Crippen LogP contribution in [-0.2, 0) is 6.42 Å². The molecule has 0 aliphatic rings. The van der Waals surface area contributed by atoms with E-state index in [0.717, 1.165) is 11.8 Å². The zero-order valence-electron chi connectivity index (χ0n) is 8.54. The SMILES string of the molecule is CCCC(CBr)Cc1cccc(O)c1. The Morgan fingerprint density at radius 2 is 2.21 bits per heavy atom. The second-order valence-electron chi connectivity index (χ2n) is 3.68. The number of aromatic hydroxyl groups is 1. The van der Waals surface area contributed by atoms with Crippen molar-refractivity contribution in [1.29, 1.82) is 0 Å². The van der Waals surface area contributed by atoms with Crippen molar-refractivity contribution in [3.63, 3.8) is 0 Å². The Bertz CT molecular complexity index is 273. The van der Waals surface area contributed by atoms with E-state index in [4.69, 9.17) is 0 Å². The lowest BCUT2D eigenvalue weighted by atomic mass is 9.97. The third-order valence-corrected chi connectivity index (χ3v) is 3.27. The average molecular weight is 257 g/mol. The number of alkyl halides is 1. The van der Waals surface area contributed by atoms with Crippen LogP contribution in [0.4, 0.5) is 0 Å². The molecule has 1 aromatic carbocycles.